The predicted molar refractivity (Wildman–Crippen MR) is 127 cm³/mol. The highest BCUT2D eigenvalue weighted by Gasteiger charge is 2.23. The van der Waals surface area contributed by atoms with Crippen molar-refractivity contribution in [2.75, 3.05) is 26.2 Å². The average Bonchev–Trinajstić information content (AvgIpc) is 3.40. The summed E-state index contributed by atoms with van der Waals surface area (Å²) in [5.41, 5.74) is 3.90. The molecule has 0 radical (unpaired) electrons. The summed E-state index contributed by atoms with van der Waals surface area (Å²) in [6, 6.07) is 10.9. The third kappa shape index (κ3) is 4.62. The number of thiophene rings is 1. The van der Waals surface area contributed by atoms with E-state index in [0.29, 0.717) is 18.5 Å². The van der Waals surface area contributed by atoms with E-state index in [2.05, 4.69) is 52.0 Å². The summed E-state index contributed by atoms with van der Waals surface area (Å²) in [4.78, 5) is 26.2. The van der Waals surface area contributed by atoms with E-state index < -0.39 is 0 Å². The van der Waals surface area contributed by atoms with E-state index in [-0.39, 0.29) is 5.91 Å². The number of nitrogens with zero attached hydrogens (tertiary/aromatic N) is 3. The summed E-state index contributed by atoms with van der Waals surface area (Å²) < 4.78 is 0. The van der Waals surface area contributed by atoms with E-state index in [1.54, 1.807) is 11.3 Å². The van der Waals surface area contributed by atoms with Gasteiger partial charge in [0.05, 0.1) is 11.4 Å². The van der Waals surface area contributed by atoms with Crippen LogP contribution in [-0.2, 0) is 19.4 Å². The second kappa shape index (κ2) is 9.16. The van der Waals surface area contributed by atoms with Gasteiger partial charge in [0.25, 0.3) is 5.91 Å². The number of aliphatic imine (C=N–C) groups is 2. The first-order valence-corrected chi connectivity index (χ1v) is 11.8. The van der Waals surface area contributed by atoms with Crippen LogP contribution in [0.25, 0.3) is 6.08 Å². The molecule has 1 amide bonds. The molecule has 0 unspecified atom stereocenters. The van der Waals surface area contributed by atoms with Gasteiger partial charge in [-0.15, -0.1) is 11.3 Å². The molecule has 0 saturated carbocycles. The van der Waals surface area contributed by atoms with Gasteiger partial charge in [-0.05, 0) is 41.7 Å². The molecular formula is C24H27N5OS. The van der Waals surface area contributed by atoms with Gasteiger partial charge in [0, 0.05) is 49.7 Å². The van der Waals surface area contributed by atoms with Crippen LogP contribution in [0.15, 0.2) is 46.4 Å². The number of carbonyl (C=O) groups excluding carboxylic acids is 1. The highest BCUT2D eigenvalue weighted by atomic mass is 32.1. The molecule has 1 aromatic carbocycles. The zero-order valence-electron chi connectivity index (χ0n) is 17.5. The van der Waals surface area contributed by atoms with Crippen molar-refractivity contribution in [3.05, 3.63) is 62.9 Å². The maximum atomic E-state index is 12.9. The second-order valence-corrected chi connectivity index (χ2v) is 9.23. The highest BCUT2D eigenvalue weighted by molar-refractivity contribution is 7.15. The van der Waals surface area contributed by atoms with Gasteiger partial charge in [0.2, 0.25) is 5.96 Å². The third-order valence-corrected chi connectivity index (χ3v) is 7.09. The fourth-order valence-corrected chi connectivity index (χ4v) is 5.41. The van der Waals surface area contributed by atoms with Crippen LogP contribution < -0.4 is 10.6 Å². The van der Waals surface area contributed by atoms with Gasteiger partial charge in [0.1, 0.15) is 0 Å². The molecule has 1 aromatic heterocycles. The average molecular weight is 434 g/mol. The fraction of sp³-hybridized carbons (Fsp3) is 0.375. The SMILES string of the molecule is O=C(c1cc2c(s1)/C=C\C/C=N\C(NC1Cc3ccccc3C1)=N/C2)N1CCNCC1. The van der Waals surface area contributed by atoms with Crippen LogP contribution >= 0.6 is 11.3 Å². The lowest BCUT2D eigenvalue weighted by molar-refractivity contribution is 0.0740. The van der Waals surface area contributed by atoms with Crippen molar-refractivity contribution in [2.45, 2.75) is 31.8 Å². The lowest BCUT2D eigenvalue weighted by atomic mass is 10.1. The normalized spacial score (nSPS) is 22.7. The van der Waals surface area contributed by atoms with Crippen LogP contribution in [0, 0.1) is 0 Å². The number of allylic oxidation sites excluding steroid dienone is 1. The molecule has 3 heterocycles. The van der Waals surface area contributed by atoms with Crippen molar-refractivity contribution in [3.8, 4) is 0 Å². The Bertz CT molecular complexity index is 1020. The van der Waals surface area contributed by atoms with E-state index >= 15 is 0 Å². The maximum absolute atomic E-state index is 12.9. The van der Waals surface area contributed by atoms with E-state index in [1.807, 2.05) is 17.2 Å². The number of fused-ring (bicyclic) bond motifs is 2. The Labute approximate surface area is 186 Å². The van der Waals surface area contributed by atoms with Crippen LogP contribution in [0.2, 0.25) is 0 Å². The van der Waals surface area contributed by atoms with Crippen molar-refractivity contribution >= 4 is 35.5 Å². The maximum Gasteiger partial charge on any atom is 0.264 e. The molecule has 3 aliphatic rings. The molecule has 0 atom stereocenters. The molecule has 160 valence electrons. The van der Waals surface area contributed by atoms with E-state index in [4.69, 9.17) is 4.99 Å². The molecule has 31 heavy (non-hydrogen) atoms. The largest absolute Gasteiger partial charge is 0.351 e. The number of hydrogen-bond acceptors (Lipinski definition) is 6. The predicted octanol–water partition coefficient (Wildman–Crippen LogP) is 2.89. The molecule has 1 aliphatic carbocycles. The Kier molecular flexibility index (Phi) is 5.95. The van der Waals surface area contributed by atoms with Crippen molar-refractivity contribution in [2.24, 2.45) is 9.98 Å². The molecule has 1 fully saturated rings. The third-order valence-electron chi connectivity index (χ3n) is 5.96. The lowest BCUT2D eigenvalue weighted by Crippen LogP contribution is -2.46. The molecule has 5 rings (SSSR count). The summed E-state index contributed by atoms with van der Waals surface area (Å²) in [5, 5.41) is 6.84. The van der Waals surface area contributed by atoms with E-state index in [9.17, 15) is 4.79 Å². The first kappa shape index (κ1) is 20.2. The number of amides is 1. The smallest absolute Gasteiger partial charge is 0.264 e. The van der Waals surface area contributed by atoms with Crippen molar-refractivity contribution in [3.63, 3.8) is 0 Å². The van der Waals surface area contributed by atoms with Gasteiger partial charge in [-0.2, -0.15) is 0 Å². The Hall–Kier alpha value is -2.77. The number of guanidine groups is 1. The first-order chi connectivity index (χ1) is 15.3. The van der Waals surface area contributed by atoms with Gasteiger partial charge in [-0.1, -0.05) is 30.3 Å². The Morgan fingerprint density at radius 3 is 2.68 bits per heavy atom. The summed E-state index contributed by atoms with van der Waals surface area (Å²) >= 11 is 1.57. The number of nitrogens with one attached hydrogen (secondary N) is 2. The zero-order chi connectivity index (χ0) is 21.0. The van der Waals surface area contributed by atoms with Crippen LogP contribution in [-0.4, -0.2) is 55.2 Å². The minimum Gasteiger partial charge on any atom is -0.351 e. The van der Waals surface area contributed by atoms with Gasteiger partial charge in [0.15, 0.2) is 0 Å². The fourth-order valence-electron chi connectivity index (χ4n) is 4.34. The minimum absolute atomic E-state index is 0.129. The minimum atomic E-state index is 0.129. The second-order valence-electron chi connectivity index (χ2n) is 8.15. The van der Waals surface area contributed by atoms with Crippen molar-refractivity contribution in [1.82, 2.24) is 15.5 Å². The molecule has 6 nitrogen and oxygen atoms in total. The van der Waals surface area contributed by atoms with Gasteiger partial charge < -0.3 is 15.5 Å². The summed E-state index contributed by atoms with van der Waals surface area (Å²) in [5.74, 6) is 0.810. The van der Waals surface area contributed by atoms with E-state index in [1.165, 1.54) is 11.1 Å². The molecule has 2 aromatic rings. The first-order valence-electron chi connectivity index (χ1n) is 11.0. The summed E-state index contributed by atoms with van der Waals surface area (Å²) in [6.07, 6.45) is 8.84. The molecular weight excluding hydrogens is 406 g/mol. The quantitative estimate of drug-likeness (QED) is 0.765. The molecule has 2 N–H and O–H groups in total. The van der Waals surface area contributed by atoms with Gasteiger partial charge >= 0.3 is 0 Å². The van der Waals surface area contributed by atoms with Crippen molar-refractivity contribution < 1.29 is 4.79 Å². The Morgan fingerprint density at radius 2 is 1.90 bits per heavy atom. The molecule has 1 saturated heterocycles. The van der Waals surface area contributed by atoms with E-state index in [0.717, 1.165) is 60.8 Å². The summed E-state index contributed by atoms with van der Waals surface area (Å²) in [6.45, 7) is 3.77. The number of benzene rings is 1. The van der Waals surface area contributed by atoms with Crippen molar-refractivity contribution in [1.29, 1.82) is 0 Å². The number of rotatable bonds is 2. The molecule has 7 heteroatoms. The number of hydrogen-bond donors (Lipinski definition) is 2. The molecule has 2 aliphatic heterocycles. The van der Waals surface area contributed by atoms with Gasteiger partial charge in [-0.25, -0.2) is 9.98 Å². The monoisotopic (exact) mass is 433 g/mol. The zero-order valence-corrected chi connectivity index (χ0v) is 18.3. The standard InChI is InChI=1S/C24H27N5OS/c30-23(29-11-9-25-10-12-29)22-15-19-16-27-24(26-8-4-3-7-21(19)31-22)28-20-13-17-5-1-2-6-18(17)14-20/h1-3,5-8,15,20,25H,4,9-14,16H2,(H,27,28)/b7-3-,26-8-. The lowest BCUT2D eigenvalue weighted by Gasteiger charge is -2.26. The molecule has 0 spiro atoms. The van der Waals surface area contributed by atoms with Crippen LogP contribution in [0.5, 0.6) is 0 Å². The van der Waals surface area contributed by atoms with Crippen LogP contribution in [0.1, 0.15) is 37.7 Å². The number of piperazine rings is 1. The number of carbonyl (C=O) groups is 1. The van der Waals surface area contributed by atoms with Crippen LogP contribution in [0.4, 0.5) is 0 Å². The Balaban J connectivity index is 1.32. The summed E-state index contributed by atoms with van der Waals surface area (Å²) in [7, 11) is 0. The van der Waals surface area contributed by atoms with Crippen LogP contribution in [0.3, 0.4) is 0 Å². The van der Waals surface area contributed by atoms with Gasteiger partial charge in [-0.3, -0.25) is 4.79 Å². The Morgan fingerprint density at radius 1 is 1.13 bits per heavy atom. The molecule has 0 bridgehead atoms. The highest BCUT2D eigenvalue weighted by Crippen LogP contribution is 2.27. The topological polar surface area (TPSA) is 69.1 Å².